The number of nitrogens with two attached hydrogens (primary N) is 1. The van der Waals surface area contributed by atoms with Crippen LogP contribution in [0.3, 0.4) is 0 Å². The molecule has 1 aromatic carbocycles. The van der Waals surface area contributed by atoms with Crippen LogP contribution >= 0.6 is 0 Å². The molecule has 3 heteroatoms. The Morgan fingerprint density at radius 3 is 3.19 bits per heavy atom. The van der Waals surface area contributed by atoms with Crippen LogP contribution < -0.4 is 11.1 Å². The summed E-state index contributed by atoms with van der Waals surface area (Å²) >= 11 is 0. The van der Waals surface area contributed by atoms with Crippen molar-refractivity contribution in [3.05, 3.63) is 35.9 Å². The Bertz CT molecular complexity index is 359. The fourth-order valence-electron chi connectivity index (χ4n) is 1.87. The van der Waals surface area contributed by atoms with Crippen molar-refractivity contribution in [2.75, 3.05) is 13.1 Å². The number of hydrogen-bond donors (Lipinski definition) is 2. The van der Waals surface area contributed by atoms with Crippen molar-refractivity contribution < 1.29 is 0 Å². The van der Waals surface area contributed by atoms with Gasteiger partial charge in [0.05, 0.1) is 18.4 Å². The van der Waals surface area contributed by atoms with Crippen molar-refractivity contribution in [1.29, 1.82) is 0 Å². The molecule has 0 spiro atoms. The zero-order valence-corrected chi connectivity index (χ0v) is 9.53. The molecule has 1 aromatic rings. The highest BCUT2D eigenvalue weighted by atomic mass is 15.1. The zero-order valence-electron chi connectivity index (χ0n) is 9.53. The lowest BCUT2D eigenvalue weighted by molar-refractivity contribution is 0.648. The van der Waals surface area contributed by atoms with Crippen LogP contribution in [0.4, 0.5) is 0 Å². The van der Waals surface area contributed by atoms with E-state index in [-0.39, 0.29) is 0 Å². The molecule has 84 valence electrons. The summed E-state index contributed by atoms with van der Waals surface area (Å²) in [7, 11) is 0. The summed E-state index contributed by atoms with van der Waals surface area (Å²) in [6.45, 7) is 3.62. The molecule has 3 N–H and O–H groups in total. The molecular formula is C13H17N3. The standard InChI is InChI=1S/C13H17N3/c1-10(7-11-5-3-2-4-6-11)13-15-9-12(8-14)16-13/h2-3,5,10,12H,7-9,14H2,1H3,(H,15,16). The second kappa shape index (κ2) is 5.00. The summed E-state index contributed by atoms with van der Waals surface area (Å²) in [4.78, 5) is 4.49. The Labute approximate surface area is 96.8 Å². The minimum absolute atomic E-state index is 0.323. The fraction of sp³-hybridized carbons (Fsp3) is 0.462. The van der Waals surface area contributed by atoms with Crippen molar-refractivity contribution in [3.8, 4) is 0 Å². The molecule has 2 atom stereocenters. The topological polar surface area (TPSA) is 50.4 Å². The van der Waals surface area contributed by atoms with E-state index in [0.29, 0.717) is 18.5 Å². The minimum Gasteiger partial charge on any atom is -0.368 e. The van der Waals surface area contributed by atoms with Gasteiger partial charge in [0.25, 0.3) is 0 Å². The highest BCUT2D eigenvalue weighted by Gasteiger charge is 2.20. The van der Waals surface area contributed by atoms with Gasteiger partial charge in [-0.15, -0.1) is 0 Å². The van der Waals surface area contributed by atoms with Gasteiger partial charge in [-0.05, 0) is 18.6 Å². The van der Waals surface area contributed by atoms with Gasteiger partial charge in [0, 0.05) is 18.0 Å². The number of hydrogen-bond acceptors (Lipinski definition) is 3. The average molecular weight is 215 g/mol. The van der Waals surface area contributed by atoms with Crippen LogP contribution in [0.15, 0.2) is 23.2 Å². The Hall–Kier alpha value is -1.53. The van der Waals surface area contributed by atoms with Crippen LogP contribution in [-0.4, -0.2) is 25.0 Å². The number of nitrogens with one attached hydrogen (secondary N) is 1. The quantitative estimate of drug-likeness (QED) is 0.780. The molecule has 0 fully saturated rings. The number of nitrogens with zero attached hydrogens (tertiary/aromatic N) is 1. The van der Waals surface area contributed by atoms with Crippen molar-refractivity contribution in [1.82, 2.24) is 5.32 Å². The lowest BCUT2D eigenvalue weighted by Crippen LogP contribution is -2.39. The maximum Gasteiger partial charge on any atom is 0.0999 e. The van der Waals surface area contributed by atoms with Gasteiger partial charge in [0.15, 0.2) is 0 Å². The molecule has 0 saturated heterocycles. The third kappa shape index (κ3) is 2.53. The van der Waals surface area contributed by atoms with Crippen molar-refractivity contribution in [2.45, 2.75) is 19.4 Å². The lowest BCUT2D eigenvalue weighted by atomic mass is 10.0. The molecule has 1 heterocycles. The summed E-state index contributed by atoms with van der Waals surface area (Å²) in [6.07, 6.45) is 0.945. The maximum atomic E-state index is 5.60. The predicted molar refractivity (Wildman–Crippen MR) is 65.3 cm³/mol. The van der Waals surface area contributed by atoms with Gasteiger partial charge >= 0.3 is 0 Å². The van der Waals surface area contributed by atoms with E-state index in [1.165, 1.54) is 5.56 Å². The SMILES string of the molecule is CC(Cc1c#cccc1)C1=NCC(CN)N1. The summed E-state index contributed by atoms with van der Waals surface area (Å²) in [5.41, 5.74) is 6.78. The van der Waals surface area contributed by atoms with E-state index in [2.05, 4.69) is 35.4 Å². The van der Waals surface area contributed by atoms with Crippen molar-refractivity contribution >= 4 is 5.84 Å². The molecule has 1 aliphatic heterocycles. The van der Waals surface area contributed by atoms with Crippen LogP contribution in [0.2, 0.25) is 0 Å². The third-order valence-corrected chi connectivity index (χ3v) is 2.82. The average Bonchev–Trinajstić information content (AvgIpc) is 2.79. The summed E-state index contributed by atoms with van der Waals surface area (Å²) in [5, 5.41) is 3.36. The van der Waals surface area contributed by atoms with Crippen LogP contribution in [-0.2, 0) is 6.42 Å². The molecule has 2 unspecified atom stereocenters. The van der Waals surface area contributed by atoms with Gasteiger partial charge in [0.2, 0.25) is 0 Å². The molecule has 0 saturated carbocycles. The normalized spacial score (nSPS) is 20.9. The first-order valence-corrected chi connectivity index (χ1v) is 5.68. The van der Waals surface area contributed by atoms with E-state index >= 15 is 0 Å². The zero-order chi connectivity index (χ0) is 11.4. The van der Waals surface area contributed by atoms with E-state index in [1.807, 2.05) is 12.1 Å². The molecule has 0 aromatic heterocycles. The van der Waals surface area contributed by atoms with Crippen molar-refractivity contribution in [2.24, 2.45) is 16.6 Å². The van der Waals surface area contributed by atoms with E-state index in [1.54, 1.807) is 0 Å². The largest absolute Gasteiger partial charge is 0.368 e. The Balaban J connectivity index is 1.92. The van der Waals surface area contributed by atoms with Crippen LogP contribution in [0.25, 0.3) is 0 Å². The van der Waals surface area contributed by atoms with E-state index in [4.69, 9.17) is 5.73 Å². The van der Waals surface area contributed by atoms with Crippen LogP contribution in [0, 0.1) is 18.1 Å². The van der Waals surface area contributed by atoms with Crippen molar-refractivity contribution in [3.63, 3.8) is 0 Å². The summed E-state index contributed by atoms with van der Waals surface area (Å²) in [6, 6.07) is 12.3. The maximum absolute atomic E-state index is 5.60. The van der Waals surface area contributed by atoms with Gasteiger partial charge in [-0.3, -0.25) is 4.99 Å². The predicted octanol–water partition coefficient (Wildman–Crippen LogP) is 0.795. The first-order chi connectivity index (χ1) is 7.79. The first-order valence-electron chi connectivity index (χ1n) is 5.68. The Morgan fingerprint density at radius 1 is 1.69 bits per heavy atom. The lowest BCUT2D eigenvalue weighted by Gasteiger charge is -2.14. The molecule has 0 radical (unpaired) electrons. The molecule has 2 rings (SSSR count). The molecule has 0 bridgehead atoms. The van der Waals surface area contributed by atoms with E-state index in [0.717, 1.165) is 18.8 Å². The van der Waals surface area contributed by atoms with Crippen LogP contribution in [0.5, 0.6) is 0 Å². The summed E-state index contributed by atoms with van der Waals surface area (Å²) in [5.74, 6) is 1.47. The smallest absolute Gasteiger partial charge is 0.0999 e. The van der Waals surface area contributed by atoms with E-state index < -0.39 is 0 Å². The van der Waals surface area contributed by atoms with Gasteiger partial charge in [-0.25, -0.2) is 0 Å². The van der Waals surface area contributed by atoms with Gasteiger partial charge < -0.3 is 11.1 Å². The monoisotopic (exact) mass is 215 g/mol. The highest BCUT2D eigenvalue weighted by molar-refractivity contribution is 5.86. The molecule has 0 aliphatic carbocycles. The fourth-order valence-corrected chi connectivity index (χ4v) is 1.87. The first kappa shape index (κ1) is 11.0. The molecular weight excluding hydrogens is 198 g/mol. The number of aliphatic imine (C=N–C) groups is 1. The van der Waals surface area contributed by atoms with Crippen LogP contribution in [0.1, 0.15) is 12.5 Å². The molecule has 1 aliphatic rings. The summed E-state index contributed by atoms with van der Waals surface area (Å²) < 4.78 is 0. The third-order valence-electron chi connectivity index (χ3n) is 2.82. The number of rotatable bonds is 4. The molecule has 0 amide bonds. The van der Waals surface area contributed by atoms with Gasteiger partial charge in [-0.2, -0.15) is 0 Å². The Kier molecular flexibility index (Phi) is 3.43. The molecule has 3 nitrogen and oxygen atoms in total. The molecule has 16 heavy (non-hydrogen) atoms. The van der Waals surface area contributed by atoms with E-state index in [9.17, 15) is 0 Å². The minimum atomic E-state index is 0.323. The Morgan fingerprint density at radius 2 is 2.56 bits per heavy atom. The second-order valence-corrected chi connectivity index (χ2v) is 4.23. The number of amidine groups is 1. The highest BCUT2D eigenvalue weighted by Crippen LogP contribution is 2.10. The second-order valence-electron chi connectivity index (χ2n) is 4.23. The van der Waals surface area contributed by atoms with Gasteiger partial charge in [-0.1, -0.05) is 25.1 Å². The van der Waals surface area contributed by atoms with Gasteiger partial charge in [0.1, 0.15) is 0 Å².